The maximum Gasteiger partial charge on any atom is 0.272 e. The van der Waals surface area contributed by atoms with Gasteiger partial charge in [-0.05, 0) is 30.9 Å². The first kappa shape index (κ1) is 17.6. The smallest absolute Gasteiger partial charge is 0.272 e. The minimum Gasteiger partial charge on any atom is -0.338 e. The quantitative estimate of drug-likeness (QED) is 0.580. The van der Waals surface area contributed by atoms with Gasteiger partial charge in [-0.1, -0.05) is 65.3 Å². The summed E-state index contributed by atoms with van der Waals surface area (Å²) in [6.07, 6.45) is 0.910. The van der Waals surface area contributed by atoms with Crippen molar-refractivity contribution in [1.29, 1.82) is 0 Å². The van der Waals surface area contributed by atoms with E-state index in [9.17, 15) is 4.79 Å². The van der Waals surface area contributed by atoms with Crippen molar-refractivity contribution in [2.75, 3.05) is 7.05 Å². The second kappa shape index (κ2) is 7.36. The molecule has 0 radical (unpaired) electrons. The highest BCUT2D eigenvalue weighted by atomic mass is 79.9. The lowest BCUT2D eigenvalue weighted by molar-refractivity contribution is 0.0735. The zero-order chi connectivity index (χ0) is 18.0. The van der Waals surface area contributed by atoms with Crippen LogP contribution < -0.4 is 0 Å². The van der Waals surface area contributed by atoms with Gasteiger partial charge in [0.05, 0.1) is 5.69 Å². The Labute approximate surface area is 156 Å². The van der Waals surface area contributed by atoms with Crippen LogP contribution in [0.25, 0.3) is 22.0 Å². The average molecular weight is 397 g/mol. The zero-order valence-corrected chi connectivity index (χ0v) is 16.2. The van der Waals surface area contributed by atoms with Crippen LogP contribution in [0, 0.1) is 0 Å². The van der Waals surface area contributed by atoms with Crippen LogP contribution in [-0.2, 0) is 0 Å². The van der Waals surface area contributed by atoms with Crippen molar-refractivity contribution in [3.63, 3.8) is 0 Å². The van der Waals surface area contributed by atoms with Gasteiger partial charge in [-0.15, -0.1) is 0 Å². The molecule has 0 saturated carbocycles. The molecule has 1 atom stereocenters. The molecule has 3 rings (SSSR count). The molecule has 1 amide bonds. The number of hydrogen-bond acceptors (Lipinski definition) is 2. The molecule has 0 fully saturated rings. The highest BCUT2D eigenvalue weighted by molar-refractivity contribution is 9.10. The van der Waals surface area contributed by atoms with Crippen LogP contribution in [0.15, 0.2) is 59.1 Å². The van der Waals surface area contributed by atoms with Crippen LogP contribution in [0.2, 0.25) is 0 Å². The van der Waals surface area contributed by atoms with E-state index in [1.807, 2.05) is 68.6 Å². The highest BCUT2D eigenvalue weighted by Crippen LogP contribution is 2.32. The first-order chi connectivity index (χ1) is 12.0. The van der Waals surface area contributed by atoms with Crippen LogP contribution in [0.3, 0.4) is 0 Å². The Balaban J connectivity index is 2.20. The molecule has 3 aromatic rings. The normalized spacial score (nSPS) is 12.2. The van der Waals surface area contributed by atoms with Gasteiger partial charge < -0.3 is 4.90 Å². The lowest BCUT2D eigenvalue weighted by atomic mass is 10.0. The fourth-order valence-corrected chi connectivity index (χ4v) is 3.29. The van der Waals surface area contributed by atoms with Gasteiger partial charge in [-0.25, -0.2) is 4.98 Å². The molecule has 0 saturated heterocycles. The lowest BCUT2D eigenvalue weighted by Gasteiger charge is -2.24. The van der Waals surface area contributed by atoms with Crippen LogP contribution in [0.1, 0.15) is 30.8 Å². The fourth-order valence-electron chi connectivity index (χ4n) is 2.82. The van der Waals surface area contributed by atoms with Gasteiger partial charge in [0.15, 0.2) is 0 Å². The van der Waals surface area contributed by atoms with Gasteiger partial charge in [0, 0.05) is 28.5 Å². The Bertz CT molecular complexity index is 923. The third-order valence-corrected chi connectivity index (χ3v) is 5.35. The largest absolute Gasteiger partial charge is 0.338 e. The number of benzene rings is 2. The van der Waals surface area contributed by atoms with Crippen molar-refractivity contribution in [1.82, 2.24) is 9.88 Å². The Morgan fingerprint density at radius 1 is 1.16 bits per heavy atom. The maximum atomic E-state index is 12.9. The topological polar surface area (TPSA) is 33.2 Å². The summed E-state index contributed by atoms with van der Waals surface area (Å²) >= 11 is 3.61. The third kappa shape index (κ3) is 3.45. The Hall–Kier alpha value is -2.20. The number of hydrogen-bond donors (Lipinski definition) is 0. The summed E-state index contributed by atoms with van der Waals surface area (Å²) in [5.41, 5.74) is 2.29. The summed E-state index contributed by atoms with van der Waals surface area (Å²) in [5, 5.41) is 2.06. The molecule has 0 aliphatic carbocycles. The summed E-state index contributed by atoms with van der Waals surface area (Å²) in [6.45, 7) is 4.13. The second-order valence-electron chi connectivity index (χ2n) is 6.23. The van der Waals surface area contributed by atoms with Gasteiger partial charge in [0.2, 0.25) is 0 Å². The fraction of sp³-hybridized carbons (Fsp3) is 0.238. The van der Waals surface area contributed by atoms with Crippen LogP contribution >= 0.6 is 15.9 Å². The first-order valence-corrected chi connectivity index (χ1v) is 9.24. The van der Waals surface area contributed by atoms with Crippen LogP contribution in [0.5, 0.6) is 0 Å². The van der Waals surface area contributed by atoms with Gasteiger partial charge in [-0.3, -0.25) is 4.79 Å². The van der Waals surface area contributed by atoms with Crippen molar-refractivity contribution >= 4 is 32.6 Å². The minimum absolute atomic E-state index is 0.0478. The monoisotopic (exact) mass is 396 g/mol. The van der Waals surface area contributed by atoms with E-state index in [2.05, 4.69) is 22.9 Å². The van der Waals surface area contributed by atoms with Gasteiger partial charge in [0.25, 0.3) is 5.91 Å². The Kier molecular flexibility index (Phi) is 5.19. The maximum absolute atomic E-state index is 12.9. The third-order valence-electron chi connectivity index (χ3n) is 4.66. The molecule has 0 aliphatic heterocycles. The molecule has 3 nitrogen and oxygen atoms in total. The average Bonchev–Trinajstić information content (AvgIpc) is 2.65. The summed E-state index contributed by atoms with van der Waals surface area (Å²) in [7, 11) is 1.84. The summed E-state index contributed by atoms with van der Waals surface area (Å²) in [6, 6.07) is 18.1. The molecular formula is C21H21BrN2O. The number of aromatic nitrogens is 1. The number of nitrogens with zero attached hydrogens (tertiary/aromatic N) is 2. The van der Waals surface area contributed by atoms with Crippen LogP contribution in [0.4, 0.5) is 0 Å². The van der Waals surface area contributed by atoms with E-state index in [1.165, 1.54) is 0 Å². The SMILES string of the molecule is CC[C@H](C)N(C)C(=O)c1cc2ccccc2c(-c2ccccc2Br)n1. The molecule has 1 aromatic heterocycles. The molecule has 128 valence electrons. The van der Waals surface area contributed by atoms with Crippen LogP contribution in [-0.4, -0.2) is 28.9 Å². The molecule has 4 heteroatoms. The molecule has 25 heavy (non-hydrogen) atoms. The van der Waals surface area contributed by atoms with Crippen molar-refractivity contribution in [3.8, 4) is 11.3 Å². The second-order valence-corrected chi connectivity index (χ2v) is 7.08. The summed E-state index contributed by atoms with van der Waals surface area (Å²) < 4.78 is 0.965. The van der Waals surface area contributed by atoms with E-state index in [-0.39, 0.29) is 11.9 Å². The molecular weight excluding hydrogens is 376 g/mol. The number of rotatable bonds is 4. The predicted molar refractivity (Wildman–Crippen MR) is 107 cm³/mol. The molecule has 0 aliphatic rings. The number of fused-ring (bicyclic) bond motifs is 1. The number of halogens is 1. The molecule has 0 spiro atoms. The predicted octanol–water partition coefficient (Wildman–Crippen LogP) is 5.53. The van der Waals surface area contributed by atoms with Crippen molar-refractivity contribution in [2.45, 2.75) is 26.3 Å². The van der Waals surface area contributed by atoms with E-state index < -0.39 is 0 Å². The first-order valence-electron chi connectivity index (χ1n) is 8.44. The zero-order valence-electron chi connectivity index (χ0n) is 14.7. The molecule has 0 N–H and O–H groups in total. The van der Waals surface area contributed by atoms with Crippen molar-refractivity contribution in [2.24, 2.45) is 0 Å². The summed E-state index contributed by atoms with van der Waals surface area (Å²) in [5.74, 6) is -0.0478. The highest BCUT2D eigenvalue weighted by Gasteiger charge is 2.20. The van der Waals surface area contributed by atoms with E-state index >= 15 is 0 Å². The molecule has 0 bridgehead atoms. The Morgan fingerprint density at radius 2 is 1.84 bits per heavy atom. The molecule has 0 unspecified atom stereocenters. The lowest BCUT2D eigenvalue weighted by Crippen LogP contribution is -2.35. The Morgan fingerprint density at radius 3 is 2.56 bits per heavy atom. The number of amides is 1. The molecule has 2 aromatic carbocycles. The number of carbonyl (C=O) groups is 1. The minimum atomic E-state index is -0.0478. The van der Waals surface area contributed by atoms with E-state index in [4.69, 9.17) is 4.98 Å². The van der Waals surface area contributed by atoms with Gasteiger partial charge in [-0.2, -0.15) is 0 Å². The van der Waals surface area contributed by atoms with Gasteiger partial charge >= 0.3 is 0 Å². The van der Waals surface area contributed by atoms with E-state index in [1.54, 1.807) is 4.90 Å². The summed E-state index contributed by atoms with van der Waals surface area (Å²) in [4.78, 5) is 19.4. The molecule has 1 heterocycles. The number of carbonyl (C=O) groups excluding carboxylic acids is 1. The van der Waals surface area contributed by atoms with Gasteiger partial charge in [0.1, 0.15) is 5.69 Å². The van der Waals surface area contributed by atoms with E-state index in [0.29, 0.717) is 5.69 Å². The standard InChI is InChI=1S/C21H21BrN2O/c1-4-14(2)24(3)21(25)19-13-15-9-5-6-10-16(15)20(23-19)17-11-7-8-12-18(17)22/h5-14H,4H2,1-3H3/t14-/m0/s1. The van der Waals surface area contributed by atoms with Crippen molar-refractivity contribution in [3.05, 3.63) is 64.8 Å². The van der Waals surface area contributed by atoms with Crippen molar-refractivity contribution < 1.29 is 4.79 Å². The van der Waals surface area contributed by atoms with E-state index in [0.717, 1.165) is 32.9 Å². The number of pyridine rings is 1.